The highest BCUT2D eigenvalue weighted by Crippen LogP contribution is 2.56. The summed E-state index contributed by atoms with van der Waals surface area (Å²) in [7, 11) is -4.11. The van der Waals surface area contributed by atoms with Gasteiger partial charge in [0, 0.05) is 12.8 Å². The molecule has 0 aromatic rings. The van der Waals surface area contributed by atoms with Gasteiger partial charge in [-0.25, -0.2) is 0 Å². The van der Waals surface area contributed by atoms with E-state index in [1.807, 2.05) is 0 Å². The minimum Gasteiger partial charge on any atom is -0.324 e. The van der Waals surface area contributed by atoms with Crippen LogP contribution in [0, 0.1) is 0 Å². The number of carbonyl (C=O) groups is 1. The van der Waals surface area contributed by atoms with Gasteiger partial charge in [0.2, 0.25) is 0 Å². The van der Waals surface area contributed by atoms with Crippen molar-refractivity contribution in [2.75, 3.05) is 0 Å². The van der Waals surface area contributed by atoms with Crippen LogP contribution in [0.25, 0.3) is 0 Å². The van der Waals surface area contributed by atoms with Gasteiger partial charge >= 0.3 is 7.60 Å². The third kappa shape index (κ3) is 1.76. The van der Waals surface area contributed by atoms with E-state index < -0.39 is 12.8 Å². The molecule has 0 amide bonds. The minimum absolute atomic E-state index is 0.0251. The molecule has 1 rings (SSSR count). The predicted molar refractivity (Wildman–Crippen MR) is 43.9 cm³/mol. The van der Waals surface area contributed by atoms with Crippen LogP contribution in [0.4, 0.5) is 0 Å². The summed E-state index contributed by atoms with van der Waals surface area (Å²) in [6.07, 6.45) is 1.54. The van der Waals surface area contributed by atoms with E-state index in [9.17, 15) is 9.36 Å². The van der Waals surface area contributed by atoms with Crippen molar-refractivity contribution < 1.29 is 19.1 Å². The third-order valence-electron chi connectivity index (χ3n) is 2.45. The predicted octanol–water partition coefficient (Wildman–Crippen LogP) is 1.07. The van der Waals surface area contributed by atoms with E-state index in [0.717, 1.165) is 0 Å². The van der Waals surface area contributed by atoms with E-state index in [0.29, 0.717) is 19.3 Å². The van der Waals surface area contributed by atoms with Gasteiger partial charge in [0.15, 0.2) is 0 Å². The largest absolute Gasteiger partial charge is 0.331 e. The number of hydrogen-bond donors (Lipinski definition) is 2. The molecule has 1 aliphatic carbocycles. The van der Waals surface area contributed by atoms with Gasteiger partial charge in [0.1, 0.15) is 5.78 Å². The molecule has 0 spiro atoms. The maximum atomic E-state index is 11.0. The summed E-state index contributed by atoms with van der Waals surface area (Å²) < 4.78 is 11.0. The van der Waals surface area contributed by atoms with Crippen molar-refractivity contribution in [3.05, 3.63) is 0 Å². The normalized spacial score (nSPS) is 32.1. The first-order chi connectivity index (χ1) is 5.35. The molecule has 1 aliphatic rings. The molecule has 1 saturated carbocycles. The molecule has 0 radical (unpaired) electrons. The van der Waals surface area contributed by atoms with E-state index in [1.54, 1.807) is 0 Å². The Kier molecular flexibility index (Phi) is 2.43. The zero-order valence-corrected chi connectivity index (χ0v) is 7.88. The molecule has 0 aromatic heterocycles. The molecule has 0 aromatic carbocycles. The van der Waals surface area contributed by atoms with Crippen LogP contribution in [0.5, 0.6) is 0 Å². The summed E-state index contributed by atoms with van der Waals surface area (Å²) in [5.41, 5.74) is 0. The lowest BCUT2D eigenvalue weighted by atomic mass is 9.89. The van der Waals surface area contributed by atoms with Gasteiger partial charge in [-0.1, -0.05) is 0 Å². The molecule has 12 heavy (non-hydrogen) atoms. The highest BCUT2D eigenvalue weighted by molar-refractivity contribution is 7.53. The first-order valence-electron chi connectivity index (χ1n) is 3.92. The standard InChI is InChI=1S/C7H13O4P/c1-7(12(9,10)11)4-2-3-6(8)5-7/h2-5H2,1H3,(H2,9,10,11). The summed E-state index contributed by atoms with van der Waals surface area (Å²) in [6.45, 7) is 1.49. The quantitative estimate of drug-likeness (QED) is 0.609. The van der Waals surface area contributed by atoms with E-state index in [4.69, 9.17) is 9.79 Å². The van der Waals surface area contributed by atoms with Gasteiger partial charge in [0.05, 0.1) is 5.16 Å². The van der Waals surface area contributed by atoms with E-state index >= 15 is 0 Å². The van der Waals surface area contributed by atoms with Gasteiger partial charge in [-0.2, -0.15) is 0 Å². The molecule has 70 valence electrons. The summed E-state index contributed by atoms with van der Waals surface area (Å²) in [6, 6.07) is 0. The molecule has 0 bridgehead atoms. The third-order valence-corrected chi connectivity index (χ3v) is 4.24. The maximum absolute atomic E-state index is 11.0. The van der Waals surface area contributed by atoms with Crippen LogP contribution in [0.3, 0.4) is 0 Å². The van der Waals surface area contributed by atoms with E-state index in [1.165, 1.54) is 6.92 Å². The Hall–Kier alpha value is -0.180. The summed E-state index contributed by atoms with van der Waals surface area (Å²) >= 11 is 0. The monoisotopic (exact) mass is 192 g/mol. The smallest absolute Gasteiger partial charge is 0.324 e. The van der Waals surface area contributed by atoms with Crippen molar-refractivity contribution in [2.45, 2.75) is 37.8 Å². The first-order valence-corrected chi connectivity index (χ1v) is 5.54. The fourth-order valence-electron chi connectivity index (χ4n) is 1.52. The van der Waals surface area contributed by atoms with Crippen molar-refractivity contribution >= 4 is 13.4 Å². The molecule has 0 heterocycles. The number of Topliss-reactive ketones (excluding diaryl/α,β-unsaturated/α-hetero) is 1. The SMILES string of the molecule is CC1(P(=O)(O)O)CCCC(=O)C1. The first kappa shape index (κ1) is 9.90. The van der Waals surface area contributed by atoms with Gasteiger partial charge in [-0.05, 0) is 19.8 Å². The van der Waals surface area contributed by atoms with Gasteiger partial charge in [-0.3, -0.25) is 9.36 Å². The Balaban J connectivity index is 2.84. The second kappa shape index (κ2) is 2.95. The van der Waals surface area contributed by atoms with Crippen molar-refractivity contribution in [3.8, 4) is 0 Å². The van der Waals surface area contributed by atoms with E-state index in [2.05, 4.69) is 0 Å². The van der Waals surface area contributed by atoms with Crippen LogP contribution in [0.2, 0.25) is 0 Å². The molecule has 0 saturated heterocycles. The van der Waals surface area contributed by atoms with Crippen LogP contribution in [0.1, 0.15) is 32.6 Å². The second-order valence-corrected chi connectivity index (χ2v) is 5.78. The molecule has 0 aliphatic heterocycles. The molecule has 1 atom stereocenters. The molecular formula is C7H13O4P. The number of rotatable bonds is 1. The Bertz CT molecular complexity index is 244. The Morgan fingerprint density at radius 3 is 2.42 bits per heavy atom. The Labute approximate surface area is 71.1 Å². The molecule has 1 fully saturated rings. The number of carbonyl (C=O) groups excluding carboxylic acids is 1. The fourth-order valence-corrected chi connectivity index (χ4v) is 2.35. The van der Waals surface area contributed by atoms with Gasteiger partial charge < -0.3 is 9.79 Å². The second-order valence-electron chi connectivity index (χ2n) is 3.61. The molecule has 2 N–H and O–H groups in total. The van der Waals surface area contributed by atoms with Crippen molar-refractivity contribution in [1.29, 1.82) is 0 Å². The van der Waals surface area contributed by atoms with Crippen molar-refractivity contribution in [1.82, 2.24) is 0 Å². The Morgan fingerprint density at radius 1 is 1.50 bits per heavy atom. The lowest BCUT2D eigenvalue weighted by Crippen LogP contribution is -2.32. The van der Waals surface area contributed by atoms with Crippen LogP contribution in [0.15, 0.2) is 0 Å². The zero-order chi connectivity index (χ0) is 9.41. The number of ketones is 1. The lowest BCUT2D eigenvalue weighted by molar-refractivity contribution is -0.121. The zero-order valence-electron chi connectivity index (χ0n) is 6.99. The van der Waals surface area contributed by atoms with Gasteiger partial charge in [0.25, 0.3) is 0 Å². The fraction of sp³-hybridized carbons (Fsp3) is 0.857. The van der Waals surface area contributed by atoms with Crippen LogP contribution >= 0.6 is 7.60 Å². The lowest BCUT2D eigenvalue weighted by Gasteiger charge is -2.32. The van der Waals surface area contributed by atoms with Crippen LogP contribution in [-0.2, 0) is 9.36 Å². The summed E-state index contributed by atoms with van der Waals surface area (Å²) in [4.78, 5) is 28.9. The average Bonchev–Trinajstić information content (AvgIpc) is 1.83. The van der Waals surface area contributed by atoms with Crippen LogP contribution in [-0.4, -0.2) is 20.7 Å². The summed E-state index contributed by atoms with van der Waals surface area (Å²) in [5.74, 6) is -0.0351. The van der Waals surface area contributed by atoms with Crippen molar-refractivity contribution in [3.63, 3.8) is 0 Å². The number of hydrogen-bond acceptors (Lipinski definition) is 2. The van der Waals surface area contributed by atoms with Gasteiger partial charge in [-0.15, -0.1) is 0 Å². The molecule has 1 unspecified atom stereocenters. The maximum Gasteiger partial charge on any atom is 0.331 e. The molecule has 4 nitrogen and oxygen atoms in total. The molecular weight excluding hydrogens is 179 g/mol. The summed E-state index contributed by atoms with van der Waals surface area (Å²) in [5, 5.41) is -1.09. The van der Waals surface area contributed by atoms with Crippen LogP contribution < -0.4 is 0 Å². The minimum atomic E-state index is -4.11. The Morgan fingerprint density at radius 2 is 2.08 bits per heavy atom. The highest BCUT2D eigenvalue weighted by Gasteiger charge is 2.45. The highest BCUT2D eigenvalue weighted by atomic mass is 31.2. The molecule has 5 heteroatoms. The van der Waals surface area contributed by atoms with E-state index in [-0.39, 0.29) is 12.2 Å². The topological polar surface area (TPSA) is 74.6 Å². The average molecular weight is 192 g/mol. The van der Waals surface area contributed by atoms with Crippen molar-refractivity contribution in [2.24, 2.45) is 0 Å².